The van der Waals surface area contributed by atoms with Crippen LogP contribution in [0.2, 0.25) is 0 Å². The van der Waals surface area contributed by atoms with E-state index in [9.17, 15) is 0 Å². The molecule has 0 N–H and O–H groups in total. The van der Waals surface area contributed by atoms with Crippen molar-refractivity contribution >= 4 is 5.65 Å². The van der Waals surface area contributed by atoms with E-state index >= 15 is 0 Å². The van der Waals surface area contributed by atoms with Gasteiger partial charge in [-0.15, -0.1) is 0 Å². The summed E-state index contributed by atoms with van der Waals surface area (Å²) in [5.74, 6) is 0. The van der Waals surface area contributed by atoms with Crippen LogP contribution in [0, 0.1) is 0 Å². The van der Waals surface area contributed by atoms with Crippen LogP contribution in [0.15, 0.2) is 30.6 Å². The van der Waals surface area contributed by atoms with Crippen molar-refractivity contribution in [2.75, 3.05) is 6.54 Å². The highest BCUT2D eigenvalue weighted by molar-refractivity contribution is 5.39. The molecule has 0 unspecified atom stereocenters. The molecule has 0 radical (unpaired) electrons. The number of hydrogen-bond donors (Lipinski definition) is 0. The molecule has 0 atom stereocenters. The predicted molar refractivity (Wildman–Crippen MR) is 78.1 cm³/mol. The molecule has 1 aliphatic carbocycles. The number of hydrogen-bond acceptors (Lipinski definition) is 2. The van der Waals surface area contributed by atoms with E-state index < -0.39 is 0 Å². The van der Waals surface area contributed by atoms with Gasteiger partial charge in [-0.25, -0.2) is 4.98 Å². The predicted octanol–water partition coefficient (Wildman–Crippen LogP) is 3.49. The van der Waals surface area contributed by atoms with E-state index in [2.05, 4.69) is 39.5 Å². The lowest BCUT2D eigenvalue weighted by molar-refractivity contribution is 0.154. The topological polar surface area (TPSA) is 20.5 Å². The lowest BCUT2D eigenvalue weighted by atomic mass is 9.94. The van der Waals surface area contributed by atoms with Crippen molar-refractivity contribution in [3.63, 3.8) is 0 Å². The molecule has 0 saturated heterocycles. The van der Waals surface area contributed by atoms with Crippen molar-refractivity contribution in [3.05, 3.63) is 36.3 Å². The van der Waals surface area contributed by atoms with Crippen molar-refractivity contribution < 1.29 is 0 Å². The van der Waals surface area contributed by atoms with E-state index in [1.165, 1.54) is 37.8 Å². The van der Waals surface area contributed by atoms with Crippen LogP contribution in [0.1, 0.15) is 44.7 Å². The van der Waals surface area contributed by atoms with Crippen molar-refractivity contribution in [2.45, 2.75) is 51.6 Å². The second kappa shape index (κ2) is 5.74. The maximum atomic E-state index is 4.49. The summed E-state index contributed by atoms with van der Waals surface area (Å²) in [7, 11) is 0. The Morgan fingerprint density at radius 2 is 2.11 bits per heavy atom. The molecule has 2 aromatic heterocycles. The summed E-state index contributed by atoms with van der Waals surface area (Å²) in [5, 5.41) is 0. The SMILES string of the molecule is CCN(Cc1cnc2ccccn12)C1CCCCC1. The van der Waals surface area contributed by atoms with Gasteiger partial charge in [-0.1, -0.05) is 32.3 Å². The highest BCUT2D eigenvalue weighted by Crippen LogP contribution is 2.24. The van der Waals surface area contributed by atoms with Crippen LogP contribution in [0.3, 0.4) is 0 Å². The third-order valence-electron chi connectivity index (χ3n) is 4.36. The molecule has 3 heteroatoms. The largest absolute Gasteiger partial charge is 0.303 e. The molecule has 3 rings (SSSR count). The first kappa shape index (κ1) is 12.7. The van der Waals surface area contributed by atoms with Gasteiger partial charge in [0.1, 0.15) is 5.65 Å². The van der Waals surface area contributed by atoms with E-state index in [4.69, 9.17) is 0 Å². The smallest absolute Gasteiger partial charge is 0.136 e. The second-order valence-corrected chi connectivity index (χ2v) is 5.53. The van der Waals surface area contributed by atoms with Crippen molar-refractivity contribution in [3.8, 4) is 0 Å². The number of aromatic nitrogens is 2. The Morgan fingerprint density at radius 1 is 1.26 bits per heavy atom. The average Bonchev–Trinajstić information content (AvgIpc) is 2.89. The zero-order valence-electron chi connectivity index (χ0n) is 11.8. The van der Waals surface area contributed by atoms with E-state index in [-0.39, 0.29) is 0 Å². The van der Waals surface area contributed by atoms with Crippen LogP contribution in [0.5, 0.6) is 0 Å². The molecule has 1 fully saturated rings. The van der Waals surface area contributed by atoms with Crippen molar-refractivity contribution in [2.24, 2.45) is 0 Å². The molecule has 0 aromatic carbocycles. The Balaban J connectivity index is 1.78. The van der Waals surface area contributed by atoms with Crippen LogP contribution in [-0.4, -0.2) is 26.9 Å². The first-order valence-corrected chi connectivity index (χ1v) is 7.53. The quantitative estimate of drug-likeness (QED) is 0.835. The molecule has 0 bridgehead atoms. The number of fused-ring (bicyclic) bond motifs is 1. The monoisotopic (exact) mass is 257 g/mol. The second-order valence-electron chi connectivity index (χ2n) is 5.53. The minimum absolute atomic E-state index is 0.771. The Labute approximate surface area is 115 Å². The number of imidazole rings is 1. The maximum Gasteiger partial charge on any atom is 0.136 e. The van der Waals surface area contributed by atoms with Gasteiger partial charge in [0.2, 0.25) is 0 Å². The molecule has 2 heterocycles. The summed E-state index contributed by atoms with van der Waals surface area (Å²) >= 11 is 0. The number of pyridine rings is 1. The van der Waals surface area contributed by atoms with Gasteiger partial charge in [0.05, 0.1) is 11.9 Å². The summed E-state index contributed by atoms with van der Waals surface area (Å²) in [6.07, 6.45) is 11.1. The molecule has 2 aromatic rings. The Morgan fingerprint density at radius 3 is 2.89 bits per heavy atom. The number of nitrogens with zero attached hydrogens (tertiary/aromatic N) is 3. The zero-order chi connectivity index (χ0) is 13.1. The first-order valence-electron chi connectivity index (χ1n) is 7.53. The van der Waals surface area contributed by atoms with Gasteiger partial charge < -0.3 is 4.40 Å². The molecule has 3 nitrogen and oxygen atoms in total. The van der Waals surface area contributed by atoms with E-state index in [1.54, 1.807) is 0 Å². The minimum atomic E-state index is 0.771. The maximum absolute atomic E-state index is 4.49. The van der Waals surface area contributed by atoms with Gasteiger partial charge in [-0.05, 0) is 31.5 Å². The fourth-order valence-electron chi connectivity index (χ4n) is 3.26. The Hall–Kier alpha value is -1.35. The lowest BCUT2D eigenvalue weighted by Gasteiger charge is -2.33. The standard InChI is InChI=1S/C16H23N3/c1-2-18(14-8-4-3-5-9-14)13-15-12-17-16-10-6-7-11-19(15)16/h6-7,10-12,14H,2-5,8-9,13H2,1H3. The summed E-state index contributed by atoms with van der Waals surface area (Å²) in [6.45, 7) is 4.43. The van der Waals surface area contributed by atoms with Crippen LogP contribution in [-0.2, 0) is 6.54 Å². The summed E-state index contributed by atoms with van der Waals surface area (Å²) in [6, 6.07) is 6.97. The Bertz CT molecular complexity index is 526. The minimum Gasteiger partial charge on any atom is -0.303 e. The van der Waals surface area contributed by atoms with E-state index in [0.29, 0.717) is 0 Å². The highest BCUT2D eigenvalue weighted by atomic mass is 15.2. The summed E-state index contributed by atoms with van der Waals surface area (Å²) in [4.78, 5) is 7.11. The molecule has 0 spiro atoms. The van der Waals surface area contributed by atoms with Gasteiger partial charge in [0, 0.05) is 18.8 Å². The van der Waals surface area contributed by atoms with Gasteiger partial charge in [-0.3, -0.25) is 4.90 Å². The Kier molecular flexibility index (Phi) is 3.83. The summed E-state index contributed by atoms with van der Waals surface area (Å²) in [5.41, 5.74) is 2.36. The lowest BCUT2D eigenvalue weighted by Crippen LogP contribution is -2.36. The van der Waals surface area contributed by atoms with E-state index in [0.717, 1.165) is 24.8 Å². The van der Waals surface area contributed by atoms with Crippen molar-refractivity contribution in [1.82, 2.24) is 14.3 Å². The van der Waals surface area contributed by atoms with E-state index in [1.807, 2.05) is 12.3 Å². The third kappa shape index (κ3) is 2.66. The molecule has 1 saturated carbocycles. The molecule has 0 amide bonds. The van der Waals surface area contributed by atoms with Gasteiger partial charge in [0.25, 0.3) is 0 Å². The van der Waals surface area contributed by atoms with Crippen LogP contribution >= 0.6 is 0 Å². The molecule has 19 heavy (non-hydrogen) atoms. The van der Waals surface area contributed by atoms with Gasteiger partial charge in [-0.2, -0.15) is 0 Å². The molecular weight excluding hydrogens is 234 g/mol. The average molecular weight is 257 g/mol. The molecule has 102 valence electrons. The molecule has 1 aliphatic rings. The van der Waals surface area contributed by atoms with Gasteiger partial charge >= 0.3 is 0 Å². The third-order valence-corrected chi connectivity index (χ3v) is 4.36. The van der Waals surface area contributed by atoms with Crippen LogP contribution in [0.25, 0.3) is 5.65 Å². The number of rotatable bonds is 4. The summed E-state index contributed by atoms with van der Waals surface area (Å²) < 4.78 is 2.21. The fraction of sp³-hybridized carbons (Fsp3) is 0.562. The molecular formula is C16H23N3. The zero-order valence-corrected chi connectivity index (χ0v) is 11.8. The van der Waals surface area contributed by atoms with Crippen LogP contribution < -0.4 is 0 Å². The van der Waals surface area contributed by atoms with Crippen LogP contribution in [0.4, 0.5) is 0 Å². The fourth-order valence-corrected chi connectivity index (χ4v) is 3.26. The normalized spacial score (nSPS) is 17.4. The van der Waals surface area contributed by atoms with Crippen molar-refractivity contribution in [1.29, 1.82) is 0 Å². The first-order chi connectivity index (χ1) is 9.38. The van der Waals surface area contributed by atoms with Gasteiger partial charge in [0.15, 0.2) is 0 Å². The highest BCUT2D eigenvalue weighted by Gasteiger charge is 2.20. The molecule has 0 aliphatic heterocycles.